The van der Waals surface area contributed by atoms with E-state index in [1.54, 1.807) is 30.9 Å². The molecule has 0 amide bonds. The van der Waals surface area contributed by atoms with Crippen LogP contribution in [0.5, 0.6) is 0 Å². The van der Waals surface area contributed by atoms with Gasteiger partial charge in [0.1, 0.15) is 0 Å². The molecule has 0 radical (unpaired) electrons. The molecular weight excluding hydrogens is 285 g/mol. The standard InChI is InChI=1S/C12H19F3N6/c1-16-9-17-10(20(2)3)19-11(18-9)21-6-4-8(5-7-21)12(13,14)15/h8H,4-7H2,1-3H3,(H,16,17,18,19). The average molecular weight is 304 g/mol. The van der Waals surface area contributed by atoms with Gasteiger partial charge in [-0.25, -0.2) is 0 Å². The van der Waals surface area contributed by atoms with E-state index in [-0.39, 0.29) is 12.8 Å². The molecule has 0 unspecified atom stereocenters. The fourth-order valence-corrected chi connectivity index (χ4v) is 2.21. The van der Waals surface area contributed by atoms with Gasteiger partial charge >= 0.3 is 6.18 Å². The van der Waals surface area contributed by atoms with Gasteiger partial charge in [-0.1, -0.05) is 0 Å². The highest BCUT2D eigenvalue weighted by atomic mass is 19.4. The lowest BCUT2D eigenvalue weighted by Crippen LogP contribution is -2.40. The van der Waals surface area contributed by atoms with Crippen molar-refractivity contribution in [3.05, 3.63) is 0 Å². The summed E-state index contributed by atoms with van der Waals surface area (Å²) in [7, 11) is 5.29. The zero-order chi connectivity index (χ0) is 15.6. The van der Waals surface area contributed by atoms with E-state index in [2.05, 4.69) is 20.3 Å². The number of hydrogen-bond acceptors (Lipinski definition) is 6. The topological polar surface area (TPSA) is 57.2 Å². The molecule has 21 heavy (non-hydrogen) atoms. The molecule has 1 aliphatic heterocycles. The van der Waals surface area contributed by atoms with Crippen molar-refractivity contribution in [2.24, 2.45) is 5.92 Å². The maximum absolute atomic E-state index is 12.7. The molecule has 1 N–H and O–H groups in total. The molecule has 2 heterocycles. The van der Waals surface area contributed by atoms with Gasteiger partial charge in [0.25, 0.3) is 0 Å². The van der Waals surface area contributed by atoms with Crippen LogP contribution in [0.3, 0.4) is 0 Å². The predicted molar refractivity (Wildman–Crippen MR) is 74.7 cm³/mol. The second kappa shape index (κ2) is 5.90. The molecule has 0 atom stereocenters. The molecule has 0 aliphatic carbocycles. The molecule has 1 aliphatic rings. The van der Waals surface area contributed by atoms with Gasteiger partial charge in [-0.15, -0.1) is 0 Å². The van der Waals surface area contributed by atoms with Crippen molar-refractivity contribution in [2.45, 2.75) is 19.0 Å². The summed E-state index contributed by atoms with van der Waals surface area (Å²) < 4.78 is 38.0. The third-order valence-electron chi connectivity index (χ3n) is 3.48. The van der Waals surface area contributed by atoms with Gasteiger partial charge in [-0.05, 0) is 12.8 Å². The molecule has 1 aromatic heterocycles. The zero-order valence-corrected chi connectivity index (χ0v) is 12.3. The Morgan fingerprint density at radius 3 is 2.24 bits per heavy atom. The van der Waals surface area contributed by atoms with Crippen LogP contribution >= 0.6 is 0 Å². The lowest BCUT2D eigenvalue weighted by molar-refractivity contribution is -0.179. The first-order valence-corrected chi connectivity index (χ1v) is 6.74. The third kappa shape index (κ3) is 3.64. The summed E-state index contributed by atoms with van der Waals surface area (Å²) in [4.78, 5) is 16.2. The van der Waals surface area contributed by atoms with Crippen LogP contribution in [0.15, 0.2) is 0 Å². The second-order valence-corrected chi connectivity index (χ2v) is 5.21. The highest BCUT2D eigenvalue weighted by molar-refractivity contribution is 5.44. The van der Waals surface area contributed by atoms with E-state index < -0.39 is 12.1 Å². The molecule has 1 fully saturated rings. The maximum atomic E-state index is 12.7. The Balaban J connectivity index is 2.14. The number of nitrogens with zero attached hydrogens (tertiary/aromatic N) is 5. The van der Waals surface area contributed by atoms with Crippen molar-refractivity contribution in [2.75, 3.05) is 49.3 Å². The van der Waals surface area contributed by atoms with Crippen molar-refractivity contribution in [1.29, 1.82) is 0 Å². The average Bonchev–Trinajstić information content (AvgIpc) is 2.46. The number of rotatable bonds is 3. The van der Waals surface area contributed by atoms with E-state index in [0.29, 0.717) is 30.9 Å². The minimum absolute atomic E-state index is 0.0708. The van der Waals surface area contributed by atoms with Crippen molar-refractivity contribution in [1.82, 2.24) is 15.0 Å². The Kier molecular flexibility index (Phi) is 4.38. The Morgan fingerprint density at radius 1 is 1.14 bits per heavy atom. The van der Waals surface area contributed by atoms with Crippen LogP contribution in [-0.2, 0) is 0 Å². The molecule has 0 spiro atoms. The largest absolute Gasteiger partial charge is 0.391 e. The molecule has 0 aromatic carbocycles. The maximum Gasteiger partial charge on any atom is 0.391 e. The molecule has 0 bridgehead atoms. The quantitative estimate of drug-likeness (QED) is 0.918. The van der Waals surface area contributed by atoms with Crippen LogP contribution in [0, 0.1) is 5.92 Å². The fourth-order valence-electron chi connectivity index (χ4n) is 2.21. The first kappa shape index (κ1) is 15.6. The van der Waals surface area contributed by atoms with Crippen LogP contribution in [0.4, 0.5) is 31.0 Å². The van der Waals surface area contributed by atoms with Crippen LogP contribution in [0.25, 0.3) is 0 Å². The van der Waals surface area contributed by atoms with Gasteiger partial charge in [0.15, 0.2) is 0 Å². The van der Waals surface area contributed by atoms with E-state index in [0.717, 1.165) is 0 Å². The molecule has 1 saturated heterocycles. The summed E-state index contributed by atoms with van der Waals surface area (Å²) in [6.07, 6.45) is -3.97. The minimum Gasteiger partial charge on any atom is -0.357 e. The van der Waals surface area contributed by atoms with Crippen molar-refractivity contribution >= 4 is 17.8 Å². The lowest BCUT2D eigenvalue weighted by Gasteiger charge is -2.33. The zero-order valence-electron chi connectivity index (χ0n) is 12.3. The monoisotopic (exact) mass is 304 g/mol. The number of piperidine rings is 1. The molecule has 2 rings (SSSR count). The first-order valence-electron chi connectivity index (χ1n) is 6.74. The Bertz CT molecular complexity index is 482. The minimum atomic E-state index is -4.11. The number of anilines is 3. The molecular formula is C12H19F3N6. The number of aromatic nitrogens is 3. The van der Waals surface area contributed by atoms with E-state index >= 15 is 0 Å². The molecule has 6 nitrogen and oxygen atoms in total. The number of hydrogen-bond donors (Lipinski definition) is 1. The van der Waals surface area contributed by atoms with E-state index in [1.165, 1.54) is 0 Å². The Labute approximate surface area is 121 Å². The summed E-state index contributed by atoms with van der Waals surface area (Å²) in [6.45, 7) is 0.592. The van der Waals surface area contributed by atoms with Crippen LogP contribution < -0.4 is 15.1 Å². The summed E-state index contributed by atoms with van der Waals surface area (Å²) in [6, 6.07) is 0. The van der Waals surface area contributed by atoms with Gasteiger partial charge in [-0.3, -0.25) is 0 Å². The first-order chi connectivity index (χ1) is 9.81. The third-order valence-corrected chi connectivity index (χ3v) is 3.48. The number of alkyl halides is 3. The summed E-state index contributed by atoms with van der Waals surface area (Å²) in [5.41, 5.74) is 0. The highest BCUT2D eigenvalue weighted by Gasteiger charge is 2.41. The summed E-state index contributed by atoms with van der Waals surface area (Å²) >= 11 is 0. The van der Waals surface area contributed by atoms with Crippen LogP contribution in [0.1, 0.15) is 12.8 Å². The predicted octanol–water partition coefficient (Wildman–Crippen LogP) is 1.76. The Hall–Kier alpha value is -1.80. The molecule has 0 saturated carbocycles. The molecule has 9 heteroatoms. The van der Waals surface area contributed by atoms with Crippen molar-refractivity contribution < 1.29 is 13.2 Å². The number of nitrogens with one attached hydrogen (secondary N) is 1. The molecule has 118 valence electrons. The van der Waals surface area contributed by atoms with Gasteiger partial charge in [-0.2, -0.15) is 28.1 Å². The Morgan fingerprint density at radius 2 is 1.76 bits per heavy atom. The van der Waals surface area contributed by atoms with Crippen LogP contribution in [0.2, 0.25) is 0 Å². The fraction of sp³-hybridized carbons (Fsp3) is 0.750. The lowest BCUT2D eigenvalue weighted by atomic mass is 9.96. The van der Waals surface area contributed by atoms with Gasteiger partial charge < -0.3 is 15.1 Å². The smallest absolute Gasteiger partial charge is 0.357 e. The van der Waals surface area contributed by atoms with Crippen molar-refractivity contribution in [3.8, 4) is 0 Å². The van der Waals surface area contributed by atoms with Crippen molar-refractivity contribution in [3.63, 3.8) is 0 Å². The highest BCUT2D eigenvalue weighted by Crippen LogP contribution is 2.34. The second-order valence-electron chi connectivity index (χ2n) is 5.21. The molecule has 1 aromatic rings. The normalized spacial score (nSPS) is 17.0. The van der Waals surface area contributed by atoms with E-state index in [9.17, 15) is 13.2 Å². The van der Waals surface area contributed by atoms with E-state index in [1.807, 2.05) is 0 Å². The number of halogens is 3. The summed E-state index contributed by atoms with van der Waals surface area (Å²) in [5, 5.41) is 2.84. The van der Waals surface area contributed by atoms with Crippen LogP contribution in [-0.4, -0.2) is 55.4 Å². The van der Waals surface area contributed by atoms with Gasteiger partial charge in [0.2, 0.25) is 17.8 Å². The van der Waals surface area contributed by atoms with Gasteiger partial charge in [0, 0.05) is 34.2 Å². The summed E-state index contributed by atoms with van der Waals surface area (Å²) in [5.74, 6) is 0.0651. The van der Waals surface area contributed by atoms with Gasteiger partial charge in [0.05, 0.1) is 5.92 Å². The SMILES string of the molecule is CNc1nc(N(C)C)nc(N2CCC(C(F)(F)F)CC2)n1. The van der Waals surface area contributed by atoms with E-state index in [4.69, 9.17) is 0 Å².